The van der Waals surface area contributed by atoms with E-state index in [0.29, 0.717) is 0 Å². The Morgan fingerprint density at radius 3 is 2.77 bits per heavy atom. The van der Waals surface area contributed by atoms with Gasteiger partial charge >= 0.3 is 0 Å². The van der Waals surface area contributed by atoms with Gasteiger partial charge in [0.1, 0.15) is 0 Å². The fraction of sp³-hybridized carbons (Fsp3) is 0.600. The normalized spacial score (nSPS) is 41.4. The van der Waals surface area contributed by atoms with Gasteiger partial charge in [-0.3, -0.25) is 0 Å². The topological polar surface area (TPSA) is 0 Å². The van der Waals surface area contributed by atoms with Crippen molar-refractivity contribution in [3.8, 4) is 0 Å². The van der Waals surface area contributed by atoms with Crippen LogP contribution in [0.25, 0.3) is 0 Å². The summed E-state index contributed by atoms with van der Waals surface area (Å²) >= 11 is 17.9. The third-order valence-corrected chi connectivity index (χ3v) is 3.83. The second-order valence-corrected chi connectivity index (χ2v) is 5.38. The van der Waals surface area contributed by atoms with Gasteiger partial charge in [-0.1, -0.05) is 29.8 Å². The number of hydrogen-bond acceptors (Lipinski definition) is 0. The van der Waals surface area contributed by atoms with Crippen molar-refractivity contribution in [1.82, 2.24) is 0 Å². The zero-order chi connectivity index (χ0) is 10.1. The minimum Gasteiger partial charge on any atom is -0.121 e. The molecule has 0 radical (unpaired) electrons. The van der Waals surface area contributed by atoms with Gasteiger partial charge in [0, 0.05) is 11.5 Å². The van der Waals surface area contributed by atoms with Gasteiger partial charge in [-0.2, -0.15) is 0 Å². The van der Waals surface area contributed by atoms with Crippen molar-refractivity contribution in [3.63, 3.8) is 0 Å². The van der Waals surface area contributed by atoms with E-state index in [-0.39, 0.29) is 16.2 Å². The first-order valence-corrected chi connectivity index (χ1v) is 5.50. The van der Waals surface area contributed by atoms with Crippen molar-refractivity contribution in [2.24, 2.45) is 5.92 Å². The average Bonchev–Trinajstić information content (AvgIpc) is 2.00. The molecule has 0 heterocycles. The Bertz CT molecular complexity index is 230. The quantitative estimate of drug-likeness (QED) is 0.472. The van der Waals surface area contributed by atoms with Crippen LogP contribution >= 0.6 is 34.8 Å². The van der Waals surface area contributed by atoms with Gasteiger partial charge in [0.05, 0.1) is 10.3 Å². The summed E-state index contributed by atoms with van der Waals surface area (Å²) in [4.78, 5) is -0.352. The molecule has 3 heteroatoms. The molecule has 0 N–H and O–H groups in total. The highest BCUT2D eigenvalue weighted by Gasteiger charge is 2.38. The lowest BCUT2D eigenvalue weighted by atomic mass is 9.79. The molecule has 0 unspecified atom stereocenters. The Balaban J connectivity index is 2.73. The Morgan fingerprint density at radius 1 is 1.62 bits per heavy atom. The van der Waals surface area contributed by atoms with Crippen molar-refractivity contribution in [3.05, 3.63) is 23.8 Å². The molecule has 3 atom stereocenters. The molecule has 1 aliphatic carbocycles. The largest absolute Gasteiger partial charge is 0.121 e. The first kappa shape index (κ1) is 11.4. The molecule has 0 nitrogen and oxygen atoms in total. The summed E-state index contributed by atoms with van der Waals surface area (Å²) in [6.07, 6.45) is 3.50. The number of rotatable bonds is 1. The summed E-state index contributed by atoms with van der Waals surface area (Å²) in [5.41, 5.74) is 2.64. The minimum atomic E-state index is -0.352. The van der Waals surface area contributed by atoms with Gasteiger partial charge in [-0.25, -0.2) is 0 Å². The molecule has 1 fully saturated rings. The van der Waals surface area contributed by atoms with Crippen LogP contribution in [0.5, 0.6) is 0 Å². The van der Waals surface area contributed by atoms with Crippen LogP contribution in [-0.4, -0.2) is 10.3 Å². The monoisotopic (exact) mass is 238 g/mol. The highest BCUT2D eigenvalue weighted by Crippen LogP contribution is 2.42. The molecule has 0 aromatic heterocycles. The summed E-state index contributed by atoms with van der Waals surface area (Å²) in [5.74, 6) is 0.284. The number of allylic oxidation sites excluding steroid dienone is 2. The first-order valence-electron chi connectivity index (χ1n) is 4.25. The van der Waals surface area contributed by atoms with Crippen LogP contribution in [0.1, 0.15) is 19.8 Å². The smallest absolute Gasteiger partial charge is 0.0619 e. The molecule has 0 spiro atoms. The predicted molar refractivity (Wildman–Crippen MR) is 60.8 cm³/mol. The van der Waals surface area contributed by atoms with Gasteiger partial charge in [0.2, 0.25) is 0 Å². The van der Waals surface area contributed by atoms with E-state index in [0.717, 1.165) is 18.4 Å². The Kier molecular flexibility index (Phi) is 3.73. The molecule has 0 saturated heterocycles. The summed E-state index contributed by atoms with van der Waals surface area (Å²) in [6, 6.07) is 0. The molecule has 1 rings (SSSR count). The van der Waals surface area contributed by atoms with E-state index >= 15 is 0 Å². The fourth-order valence-corrected chi connectivity index (χ4v) is 2.33. The van der Waals surface area contributed by atoms with Crippen molar-refractivity contribution in [1.29, 1.82) is 0 Å². The van der Waals surface area contributed by atoms with Crippen LogP contribution in [0.3, 0.4) is 0 Å². The molecule has 13 heavy (non-hydrogen) atoms. The van der Waals surface area contributed by atoms with Crippen LogP contribution < -0.4 is 0 Å². The SMILES string of the molecule is C=C1C[C@@](C)(Cl)[C@@H](Cl)C[C@H]1/C=C/Cl. The molecule has 0 aromatic rings. The van der Waals surface area contributed by atoms with E-state index in [1.54, 1.807) is 0 Å². The maximum Gasteiger partial charge on any atom is 0.0619 e. The lowest BCUT2D eigenvalue weighted by molar-refractivity contribution is 0.444. The van der Waals surface area contributed by atoms with Gasteiger partial charge in [-0.05, 0) is 19.8 Å². The molecule has 1 aliphatic rings. The lowest BCUT2D eigenvalue weighted by Gasteiger charge is -2.37. The highest BCUT2D eigenvalue weighted by atomic mass is 35.5. The van der Waals surface area contributed by atoms with E-state index in [1.807, 2.05) is 13.0 Å². The molecule has 0 aliphatic heterocycles. The summed E-state index contributed by atoms with van der Waals surface area (Å²) < 4.78 is 0. The van der Waals surface area contributed by atoms with Gasteiger partial charge in [0.15, 0.2) is 0 Å². The van der Waals surface area contributed by atoms with E-state index in [4.69, 9.17) is 34.8 Å². The average molecular weight is 240 g/mol. The van der Waals surface area contributed by atoms with Crippen LogP contribution in [0.15, 0.2) is 23.8 Å². The Hall–Kier alpha value is 0.350. The highest BCUT2D eigenvalue weighted by molar-refractivity contribution is 6.32. The van der Waals surface area contributed by atoms with Gasteiger partial charge in [-0.15, -0.1) is 23.2 Å². The number of halogens is 3. The van der Waals surface area contributed by atoms with Crippen molar-refractivity contribution >= 4 is 34.8 Å². The number of alkyl halides is 2. The third-order valence-electron chi connectivity index (χ3n) is 2.52. The zero-order valence-electron chi connectivity index (χ0n) is 7.56. The second-order valence-electron chi connectivity index (χ2n) is 3.74. The van der Waals surface area contributed by atoms with Crippen molar-refractivity contribution < 1.29 is 0 Å². The maximum atomic E-state index is 6.23. The number of hydrogen-bond donors (Lipinski definition) is 0. The molecule has 0 bridgehead atoms. The molecule has 0 amide bonds. The van der Waals surface area contributed by atoms with Gasteiger partial charge < -0.3 is 0 Å². The molecular formula is C10H13Cl3. The molecule has 74 valence electrons. The fourth-order valence-electron chi connectivity index (χ4n) is 1.62. The summed E-state index contributed by atoms with van der Waals surface area (Å²) in [5, 5.41) is -0.0162. The van der Waals surface area contributed by atoms with E-state index < -0.39 is 0 Å². The predicted octanol–water partition coefficient (Wildman–Crippen LogP) is 4.31. The summed E-state index contributed by atoms with van der Waals surface area (Å²) in [7, 11) is 0. The standard InChI is InChI=1S/C10H13Cl3/c1-7-6-10(2,13)9(12)5-8(7)3-4-11/h3-4,8-9H,1,5-6H2,2H3/b4-3+/t8-,9+,10-/m1/s1. The van der Waals surface area contributed by atoms with Crippen LogP contribution in [0, 0.1) is 5.92 Å². The second kappa shape index (κ2) is 4.25. The van der Waals surface area contributed by atoms with Crippen molar-refractivity contribution in [2.75, 3.05) is 0 Å². The van der Waals surface area contributed by atoms with Crippen LogP contribution in [-0.2, 0) is 0 Å². The van der Waals surface area contributed by atoms with Crippen LogP contribution in [0.4, 0.5) is 0 Å². The van der Waals surface area contributed by atoms with E-state index in [2.05, 4.69) is 6.58 Å². The third kappa shape index (κ3) is 2.65. The zero-order valence-corrected chi connectivity index (χ0v) is 9.83. The maximum absolute atomic E-state index is 6.23. The van der Waals surface area contributed by atoms with E-state index in [1.165, 1.54) is 5.54 Å². The van der Waals surface area contributed by atoms with Crippen LogP contribution in [0.2, 0.25) is 0 Å². The first-order chi connectivity index (χ1) is 5.97. The molecule has 0 aromatic carbocycles. The Labute approximate surface area is 94.5 Å². The lowest BCUT2D eigenvalue weighted by Crippen LogP contribution is -2.37. The van der Waals surface area contributed by atoms with Crippen molar-refractivity contribution in [2.45, 2.75) is 30.0 Å². The summed E-state index contributed by atoms with van der Waals surface area (Å²) in [6.45, 7) is 5.95. The molecular weight excluding hydrogens is 226 g/mol. The van der Waals surface area contributed by atoms with Gasteiger partial charge in [0.25, 0.3) is 0 Å². The molecule has 1 saturated carbocycles. The minimum absolute atomic E-state index is 0.0162. The van der Waals surface area contributed by atoms with E-state index in [9.17, 15) is 0 Å². The Morgan fingerprint density at radius 2 is 2.23 bits per heavy atom.